The van der Waals surface area contributed by atoms with E-state index in [4.69, 9.17) is 11.5 Å². The number of fused-ring (bicyclic) bond motifs is 1. The van der Waals surface area contributed by atoms with Gasteiger partial charge in [-0.3, -0.25) is 4.79 Å². The van der Waals surface area contributed by atoms with Crippen LogP contribution in [0.1, 0.15) is 18.2 Å². The largest absolute Gasteiger partial charge is 0.368 e. The molecule has 1 aromatic heterocycles. The minimum Gasteiger partial charge on any atom is -0.368 e. The molecule has 0 saturated heterocycles. The van der Waals surface area contributed by atoms with Gasteiger partial charge in [0, 0.05) is 22.6 Å². The molecule has 0 bridgehead atoms. The van der Waals surface area contributed by atoms with Crippen LogP contribution >= 0.6 is 12.4 Å². The smallest absolute Gasteiger partial charge is 0.237 e. The van der Waals surface area contributed by atoms with Gasteiger partial charge in [0.15, 0.2) is 0 Å². The lowest BCUT2D eigenvalue weighted by Crippen LogP contribution is -2.20. The highest BCUT2D eigenvalue weighted by Gasteiger charge is 2.15. The maximum Gasteiger partial charge on any atom is 0.237 e. The van der Waals surface area contributed by atoms with Crippen LogP contribution in [-0.4, -0.2) is 16.5 Å². The molecule has 0 spiro atoms. The Morgan fingerprint density at radius 3 is 2.58 bits per heavy atom. The number of carbonyl (C=O) groups excluding carboxylic acids is 1. The Labute approximate surface area is 119 Å². The van der Waals surface area contributed by atoms with Crippen LogP contribution in [0.5, 0.6) is 0 Å². The van der Waals surface area contributed by atoms with Crippen molar-refractivity contribution < 1.29 is 4.79 Å². The second kappa shape index (κ2) is 6.08. The van der Waals surface area contributed by atoms with Gasteiger partial charge in [-0.2, -0.15) is 0 Å². The Kier molecular flexibility index (Phi) is 4.97. The monoisotopic (exact) mass is 281 g/mol. The number of nitrogens with two attached hydrogens (primary N) is 2. The van der Waals surface area contributed by atoms with E-state index in [2.05, 4.69) is 6.07 Å². The summed E-state index contributed by atoms with van der Waals surface area (Å²) < 4.78 is 1.97. The van der Waals surface area contributed by atoms with Gasteiger partial charge in [0.05, 0.1) is 0 Å². The number of hydrogen-bond acceptors (Lipinski definition) is 2. The van der Waals surface area contributed by atoms with E-state index < -0.39 is 0 Å². The quantitative estimate of drug-likeness (QED) is 0.896. The Bertz CT molecular complexity index is 590. The number of halogens is 1. The molecular formula is C14H20ClN3O. The van der Waals surface area contributed by atoms with Crippen LogP contribution in [0.25, 0.3) is 10.9 Å². The fourth-order valence-electron chi connectivity index (χ4n) is 2.44. The molecule has 1 aromatic carbocycles. The lowest BCUT2D eigenvalue weighted by molar-refractivity contribution is -0.118. The average molecular weight is 282 g/mol. The molecular weight excluding hydrogens is 262 g/mol. The van der Waals surface area contributed by atoms with Crippen LogP contribution in [-0.2, 0) is 17.8 Å². The number of amides is 1. The van der Waals surface area contributed by atoms with E-state index in [0.717, 1.165) is 23.0 Å². The highest BCUT2D eigenvalue weighted by Crippen LogP contribution is 2.26. The lowest BCUT2D eigenvalue weighted by Gasteiger charge is -2.07. The van der Waals surface area contributed by atoms with E-state index in [1.165, 1.54) is 5.56 Å². The third-order valence-corrected chi connectivity index (χ3v) is 3.20. The van der Waals surface area contributed by atoms with Crippen molar-refractivity contribution in [3.8, 4) is 0 Å². The Morgan fingerprint density at radius 2 is 2.00 bits per heavy atom. The predicted octanol–water partition coefficient (Wildman–Crippen LogP) is 1.75. The molecule has 104 valence electrons. The minimum atomic E-state index is -0.328. The van der Waals surface area contributed by atoms with Gasteiger partial charge in [0.2, 0.25) is 5.91 Å². The number of aromatic nitrogens is 1. The summed E-state index contributed by atoms with van der Waals surface area (Å²) in [6.07, 6.45) is 0.804. The summed E-state index contributed by atoms with van der Waals surface area (Å²) in [5.74, 6) is -0.328. The molecule has 2 rings (SSSR count). The summed E-state index contributed by atoms with van der Waals surface area (Å²) in [5, 5.41) is 1.16. The molecule has 1 heterocycles. The number of nitrogens with zero attached hydrogens (tertiary/aromatic N) is 1. The molecule has 0 aliphatic rings. The maximum atomic E-state index is 11.2. The molecule has 0 aliphatic carbocycles. The number of benzene rings is 1. The molecule has 0 aliphatic heterocycles. The first-order valence-corrected chi connectivity index (χ1v) is 6.11. The van der Waals surface area contributed by atoms with Crippen molar-refractivity contribution in [3.05, 3.63) is 35.5 Å². The molecule has 2 aromatic rings. The van der Waals surface area contributed by atoms with E-state index in [9.17, 15) is 4.79 Å². The molecule has 4 N–H and O–H groups in total. The van der Waals surface area contributed by atoms with E-state index >= 15 is 0 Å². The number of hydrogen-bond donors (Lipinski definition) is 2. The lowest BCUT2D eigenvalue weighted by atomic mass is 10.0. The van der Waals surface area contributed by atoms with Crippen LogP contribution in [0.4, 0.5) is 0 Å². The Balaban J connectivity index is 0.00000180. The number of rotatable bonds is 4. The molecule has 0 radical (unpaired) electrons. The predicted molar refractivity (Wildman–Crippen MR) is 80.5 cm³/mol. The normalized spacial score (nSPS) is 12.2. The van der Waals surface area contributed by atoms with Gasteiger partial charge in [-0.15, -0.1) is 12.4 Å². The van der Waals surface area contributed by atoms with Crippen LogP contribution in [0.3, 0.4) is 0 Å². The number of carbonyl (C=O) groups is 1. The molecule has 1 unspecified atom stereocenters. The van der Waals surface area contributed by atoms with Gasteiger partial charge in [-0.05, 0) is 31.9 Å². The number of primary amides is 1. The maximum absolute atomic E-state index is 11.2. The van der Waals surface area contributed by atoms with Crippen molar-refractivity contribution in [1.29, 1.82) is 0 Å². The van der Waals surface area contributed by atoms with Crippen molar-refractivity contribution >= 4 is 29.2 Å². The second-order valence-corrected chi connectivity index (χ2v) is 4.81. The molecule has 4 nitrogen and oxygen atoms in total. The summed E-state index contributed by atoms with van der Waals surface area (Å²) in [5.41, 5.74) is 14.5. The average Bonchev–Trinajstić information content (AvgIpc) is 2.54. The summed E-state index contributed by atoms with van der Waals surface area (Å²) in [6, 6.07) is 8.14. The van der Waals surface area contributed by atoms with E-state index in [1.807, 2.05) is 36.6 Å². The van der Waals surface area contributed by atoms with Gasteiger partial charge >= 0.3 is 0 Å². The molecule has 5 heteroatoms. The number of para-hydroxylation sites is 1. The van der Waals surface area contributed by atoms with E-state index in [1.54, 1.807) is 0 Å². The first-order valence-electron chi connectivity index (χ1n) is 6.11. The van der Waals surface area contributed by atoms with Crippen LogP contribution in [0.2, 0.25) is 0 Å². The molecule has 0 saturated carbocycles. The highest BCUT2D eigenvalue weighted by molar-refractivity contribution is 5.87. The Morgan fingerprint density at radius 1 is 1.37 bits per heavy atom. The Hall–Kier alpha value is -1.52. The third kappa shape index (κ3) is 3.08. The first kappa shape index (κ1) is 15.5. The summed E-state index contributed by atoms with van der Waals surface area (Å²) in [7, 11) is 0. The fourth-order valence-corrected chi connectivity index (χ4v) is 2.44. The molecule has 1 atom stereocenters. The highest BCUT2D eigenvalue weighted by atomic mass is 35.5. The summed E-state index contributed by atoms with van der Waals surface area (Å²) >= 11 is 0. The zero-order valence-corrected chi connectivity index (χ0v) is 12.0. The van der Waals surface area contributed by atoms with Crippen molar-refractivity contribution in [2.45, 2.75) is 32.9 Å². The minimum absolute atomic E-state index is 0. The summed E-state index contributed by atoms with van der Waals surface area (Å²) in [4.78, 5) is 11.2. The van der Waals surface area contributed by atoms with Crippen LogP contribution in [0, 0.1) is 6.92 Å². The molecule has 0 fully saturated rings. The zero-order chi connectivity index (χ0) is 13.3. The first-order chi connectivity index (χ1) is 8.50. The standard InChI is InChI=1S/C14H19N3O.ClH/c1-9(15)7-12-10(2)17(8-14(16)18)13-6-4-3-5-11(12)13;/h3-6,9H,7-8,15H2,1-2H3,(H2,16,18);1H. The van der Waals surface area contributed by atoms with Crippen molar-refractivity contribution in [2.24, 2.45) is 11.5 Å². The van der Waals surface area contributed by atoms with Gasteiger partial charge in [0.1, 0.15) is 6.54 Å². The van der Waals surface area contributed by atoms with Crippen LogP contribution in [0.15, 0.2) is 24.3 Å². The fraction of sp³-hybridized carbons (Fsp3) is 0.357. The van der Waals surface area contributed by atoms with E-state index in [-0.39, 0.29) is 30.9 Å². The SMILES string of the molecule is Cc1c(CC(C)N)c2ccccc2n1CC(N)=O.Cl. The van der Waals surface area contributed by atoms with Gasteiger partial charge in [-0.1, -0.05) is 18.2 Å². The van der Waals surface area contributed by atoms with Crippen molar-refractivity contribution in [1.82, 2.24) is 4.57 Å². The van der Waals surface area contributed by atoms with E-state index in [0.29, 0.717) is 0 Å². The van der Waals surface area contributed by atoms with Gasteiger partial charge in [0.25, 0.3) is 0 Å². The van der Waals surface area contributed by atoms with Crippen molar-refractivity contribution in [2.75, 3.05) is 0 Å². The zero-order valence-electron chi connectivity index (χ0n) is 11.2. The molecule has 19 heavy (non-hydrogen) atoms. The molecule has 1 amide bonds. The van der Waals surface area contributed by atoms with Gasteiger partial charge in [-0.25, -0.2) is 0 Å². The van der Waals surface area contributed by atoms with Crippen LogP contribution < -0.4 is 11.5 Å². The van der Waals surface area contributed by atoms with Crippen molar-refractivity contribution in [3.63, 3.8) is 0 Å². The van der Waals surface area contributed by atoms with Gasteiger partial charge < -0.3 is 16.0 Å². The second-order valence-electron chi connectivity index (χ2n) is 4.81. The summed E-state index contributed by atoms with van der Waals surface area (Å²) in [6.45, 7) is 4.21. The third-order valence-electron chi connectivity index (χ3n) is 3.20. The topological polar surface area (TPSA) is 74.0 Å².